The van der Waals surface area contributed by atoms with Gasteiger partial charge < -0.3 is 16.4 Å². The fourth-order valence-corrected chi connectivity index (χ4v) is 2.73. The van der Waals surface area contributed by atoms with Crippen LogP contribution in [0.25, 0.3) is 0 Å². The molecule has 114 valence electrons. The predicted molar refractivity (Wildman–Crippen MR) is 80.2 cm³/mol. The highest BCUT2D eigenvalue weighted by Gasteiger charge is 2.15. The molecule has 1 rings (SSSR count). The standard InChI is InChI=1S/C10H19N5O3S2/c1-2-4-14-10-15-8(11)7(19-10)9(16)13-5-3-6-20(12,17)18/h2-6,11H2,1H3,(H,13,16)(H,14,15)(H2,12,17,18). The van der Waals surface area contributed by atoms with Gasteiger partial charge in [0, 0.05) is 13.1 Å². The van der Waals surface area contributed by atoms with E-state index in [4.69, 9.17) is 10.9 Å². The van der Waals surface area contributed by atoms with E-state index in [9.17, 15) is 13.2 Å². The Morgan fingerprint density at radius 1 is 1.40 bits per heavy atom. The number of carbonyl (C=O) groups is 1. The molecule has 0 spiro atoms. The minimum absolute atomic E-state index is 0.164. The number of carbonyl (C=O) groups excluding carboxylic acids is 1. The lowest BCUT2D eigenvalue weighted by atomic mass is 10.4. The Balaban J connectivity index is 2.49. The number of nitrogens with two attached hydrogens (primary N) is 2. The number of amides is 1. The summed E-state index contributed by atoms with van der Waals surface area (Å²) in [7, 11) is -3.50. The summed E-state index contributed by atoms with van der Waals surface area (Å²) in [6, 6.07) is 0. The molecule has 0 aliphatic rings. The molecular formula is C10H19N5O3S2. The lowest BCUT2D eigenvalue weighted by Gasteiger charge is -2.02. The van der Waals surface area contributed by atoms with E-state index >= 15 is 0 Å². The number of rotatable bonds is 8. The summed E-state index contributed by atoms with van der Waals surface area (Å²) in [5.74, 6) is -0.370. The van der Waals surface area contributed by atoms with Crippen LogP contribution < -0.4 is 21.5 Å². The molecule has 6 N–H and O–H groups in total. The van der Waals surface area contributed by atoms with Gasteiger partial charge in [0.15, 0.2) is 5.13 Å². The van der Waals surface area contributed by atoms with Crippen molar-refractivity contribution in [2.75, 3.05) is 29.9 Å². The molecule has 0 aliphatic heterocycles. The van der Waals surface area contributed by atoms with Gasteiger partial charge in [-0.2, -0.15) is 0 Å². The molecular weight excluding hydrogens is 302 g/mol. The van der Waals surface area contributed by atoms with Gasteiger partial charge in [-0.25, -0.2) is 18.5 Å². The zero-order valence-electron chi connectivity index (χ0n) is 11.2. The smallest absolute Gasteiger partial charge is 0.265 e. The number of nitrogen functional groups attached to an aromatic ring is 1. The number of anilines is 2. The molecule has 1 heterocycles. The third-order valence-corrected chi connectivity index (χ3v) is 4.16. The van der Waals surface area contributed by atoms with Gasteiger partial charge in [-0.15, -0.1) is 0 Å². The van der Waals surface area contributed by atoms with Crippen LogP contribution in [0, 0.1) is 0 Å². The van der Waals surface area contributed by atoms with Crippen molar-refractivity contribution in [3.05, 3.63) is 4.88 Å². The minimum atomic E-state index is -3.50. The van der Waals surface area contributed by atoms with Gasteiger partial charge >= 0.3 is 0 Å². The minimum Gasteiger partial charge on any atom is -0.382 e. The zero-order valence-corrected chi connectivity index (χ0v) is 12.8. The second-order valence-corrected chi connectivity index (χ2v) is 6.87. The molecule has 1 amide bonds. The highest BCUT2D eigenvalue weighted by molar-refractivity contribution is 7.89. The molecule has 20 heavy (non-hydrogen) atoms. The Morgan fingerprint density at radius 3 is 2.70 bits per heavy atom. The number of primary sulfonamides is 1. The van der Waals surface area contributed by atoms with Crippen LogP contribution >= 0.6 is 11.3 Å². The molecule has 0 saturated carbocycles. The summed E-state index contributed by atoms with van der Waals surface area (Å²) in [4.78, 5) is 16.2. The topological polar surface area (TPSA) is 140 Å². The first-order valence-corrected chi connectivity index (χ1v) is 8.65. The fourth-order valence-electron chi connectivity index (χ4n) is 1.36. The first kappa shape index (κ1) is 16.7. The third-order valence-electron chi connectivity index (χ3n) is 2.28. The molecule has 0 aromatic carbocycles. The van der Waals surface area contributed by atoms with E-state index in [0.717, 1.165) is 13.0 Å². The molecule has 0 atom stereocenters. The van der Waals surface area contributed by atoms with Crippen LogP contribution in [0.2, 0.25) is 0 Å². The summed E-state index contributed by atoms with van der Waals surface area (Å²) in [6.45, 7) is 2.98. The number of sulfonamides is 1. The van der Waals surface area contributed by atoms with Gasteiger partial charge in [-0.1, -0.05) is 18.3 Å². The van der Waals surface area contributed by atoms with E-state index in [1.54, 1.807) is 0 Å². The predicted octanol–water partition coefficient (Wildman–Crippen LogP) is -0.0444. The van der Waals surface area contributed by atoms with E-state index < -0.39 is 10.0 Å². The Bertz CT molecular complexity index is 555. The number of hydrogen-bond donors (Lipinski definition) is 4. The maximum absolute atomic E-state index is 11.8. The maximum Gasteiger partial charge on any atom is 0.265 e. The average molecular weight is 321 g/mol. The zero-order chi connectivity index (χ0) is 15.2. The first-order valence-electron chi connectivity index (χ1n) is 6.12. The summed E-state index contributed by atoms with van der Waals surface area (Å²) in [5.41, 5.74) is 5.67. The summed E-state index contributed by atoms with van der Waals surface area (Å²) >= 11 is 1.17. The monoisotopic (exact) mass is 321 g/mol. The van der Waals surface area contributed by atoms with Gasteiger partial charge in [-0.3, -0.25) is 4.79 Å². The van der Waals surface area contributed by atoms with Crippen molar-refractivity contribution in [1.29, 1.82) is 0 Å². The summed E-state index contributed by atoms with van der Waals surface area (Å²) in [5, 5.41) is 11.1. The van der Waals surface area contributed by atoms with Crippen molar-refractivity contribution in [3.63, 3.8) is 0 Å². The lowest BCUT2D eigenvalue weighted by Crippen LogP contribution is -2.27. The van der Waals surface area contributed by atoms with Gasteiger partial charge in [0.05, 0.1) is 5.75 Å². The van der Waals surface area contributed by atoms with Crippen molar-refractivity contribution in [2.45, 2.75) is 19.8 Å². The van der Waals surface area contributed by atoms with Crippen LogP contribution in [0.15, 0.2) is 0 Å². The second kappa shape index (κ2) is 7.41. The number of nitrogens with zero attached hydrogens (tertiary/aromatic N) is 1. The SMILES string of the molecule is CCCNc1nc(N)c(C(=O)NCCCS(N)(=O)=O)s1. The highest BCUT2D eigenvalue weighted by atomic mass is 32.2. The van der Waals surface area contributed by atoms with E-state index in [0.29, 0.717) is 10.0 Å². The summed E-state index contributed by atoms with van der Waals surface area (Å²) < 4.78 is 21.5. The molecule has 1 aromatic rings. The van der Waals surface area contributed by atoms with Gasteiger partial charge in [0.25, 0.3) is 5.91 Å². The Morgan fingerprint density at radius 2 is 2.10 bits per heavy atom. The van der Waals surface area contributed by atoms with Gasteiger partial charge in [-0.05, 0) is 12.8 Å². The van der Waals surface area contributed by atoms with E-state index in [-0.39, 0.29) is 30.4 Å². The van der Waals surface area contributed by atoms with Crippen LogP contribution in [0.5, 0.6) is 0 Å². The number of hydrogen-bond acceptors (Lipinski definition) is 7. The second-order valence-electron chi connectivity index (χ2n) is 4.14. The maximum atomic E-state index is 11.8. The largest absolute Gasteiger partial charge is 0.382 e. The van der Waals surface area contributed by atoms with Gasteiger partial charge in [0.1, 0.15) is 10.7 Å². The number of aromatic nitrogens is 1. The van der Waals surface area contributed by atoms with E-state index in [1.165, 1.54) is 11.3 Å². The van der Waals surface area contributed by atoms with Crippen molar-refractivity contribution in [1.82, 2.24) is 10.3 Å². The van der Waals surface area contributed by atoms with Crippen LogP contribution in [0.3, 0.4) is 0 Å². The van der Waals surface area contributed by atoms with Crippen molar-refractivity contribution >= 4 is 38.2 Å². The van der Waals surface area contributed by atoms with Crippen molar-refractivity contribution < 1.29 is 13.2 Å². The van der Waals surface area contributed by atoms with Crippen molar-refractivity contribution in [3.8, 4) is 0 Å². The Hall–Kier alpha value is -1.39. The first-order chi connectivity index (χ1) is 9.33. The molecule has 0 saturated heterocycles. The molecule has 1 aromatic heterocycles. The van der Waals surface area contributed by atoms with Crippen LogP contribution in [0.4, 0.5) is 10.9 Å². The lowest BCUT2D eigenvalue weighted by molar-refractivity contribution is 0.0958. The molecule has 0 bridgehead atoms. The fraction of sp³-hybridized carbons (Fsp3) is 0.600. The number of nitrogens with one attached hydrogen (secondary N) is 2. The quantitative estimate of drug-likeness (QED) is 0.495. The van der Waals surface area contributed by atoms with Crippen LogP contribution in [-0.2, 0) is 10.0 Å². The normalized spacial score (nSPS) is 11.3. The Kier molecular flexibility index (Phi) is 6.17. The van der Waals surface area contributed by atoms with E-state index in [1.807, 2.05) is 6.92 Å². The van der Waals surface area contributed by atoms with Crippen LogP contribution in [-0.4, -0.2) is 38.2 Å². The number of thiazole rings is 1. The van der Waals surface area contributed by atoms with E-state index in [2.05, 4.69) is 15.6 Å². The molecule has 0 aliphatic carbocycles. The molecule has 0 unspecified atom stereocenters. The highest BCUT2D eigenvalue weighted by Crippen LogP contribution is 2.24. The molecule has 8 nitrogen and oxygen atoms in total. The molecule has 0 radical (unpaired) electrons. The molecule has 10 heteroatoms. The van der Waals surface area contributed by atoms with Crippen molar-refractivity contribution in [2.24, 2.45) is 5.14 Å². The Labute approximate surface area is 122 Å². The average Bonchev–Trinajstić information content (AvgIpc) is 2.72. The summed E-state index contributed by atoms with van der Waals surface area (Å²) in [6.07, 6.45) is 1.19. The van der Waals surface area contributed by atoms with Crippen LogP contribution in [0.1, 0.15) is 29.4 Å². The molecule has 0 fully saturated rings. The van der Waals surface area contributed by atoms with Gasteiger partial charge in [0.2, 0.25) is 10.0 Å². The third kappa shape index (κ3) is 5.72.